The SMILES string of the molecule is CC(C)CC[C@H](CC(C)C)C(=O)O. The van der Waals surface area contributed by atoms with Crippen LogP contribution in [0.4, 0.5) is 0 Å². The predicted octanol–water partition coefficient (Wildman–Crippen LogP) is 3.17. The van der Waals surface area contributed by atoms with Crippen molar-refractivity contribution in [3.05, 3.63) is 0 Å². The van der Waals surface area contributed by atoms with Crippen molar-refractivity contribution in [3.63, 3.8) is 0 Å². The topological polar surface area (TPSA) is 37.3 Å². The molecule has 0 radical (unpaired) electrons. The van der Waals surface area contributed by atoms with Gasteiger partial charge < -0.3 is 5.11 Å². The zero-order valence-electron chi connectivity index (χ0n) is 9.21. The second kappa shape index (κ2) is 6.01. The van der Waals surface area contributed by atoms with E-state index in [1.807, 2.05) is 0 Å². The van der Waals surface area contributed by atoms with Gasteiger partial charge >= 0.3 is 5.97 Å². The molecule has 0 unspecified atom stereocenters. The first-order valence-electron chi connectivity index (χ1n) is 5.16. The Morgan fingerprint density at radius 3 is 1.92 bits per heavy atom. The lowest BCUT2D eigenvalue weighted by Crippen LogP contribution is -2.16. The van der Waals surface area contributed by atoms with Crippen molar-refractivity contribution in [1.82, 2.24) is 0 Å². The molecule has 0 aliphatic rings. The predicted molar refractivity (Wildman–Crippen MR) is 54.7 cm³/mol. The molecule has 1 N–H and O–H groups in total. The molecule has 0 saturated carbocycles. The van der Waals surface area contributed by atoms with Gasteiger partial charge in [-0.3, -0.25) is 4.79 Å². The molecule has 13 heavy (non-hydrogen) atoms. The van der Waals surface area contributed by atoms with E-state index < -0.39 is 5.97 Å². The first-order valence-corrected chi connectivity index (χ1v) is 5.16. The maximum Gasteiger partial charge on any atom is 0.306 e. The van der Waals surface area contributed by atoms with Crippen LogP contribution in [-0.4, -0.2) is 11.1 Å². The van der Waals surface area contributed by atoms with Crippen LogP contribution in [-0.2, 0) is 4.79 Å². The number of rotatable bonds is 6. The summed E-state index contributed by atoms with van der Waals surface area (Å²) >= 11 is 0. The fraction of sp³-hybridized carbons (Fsp3) is 0.909. The third-order valence-electron chi connectivity index (χ3n) is 2.20. The first kappa shape index (κ1) is 12.5. The van der Waals surface area contributed by atoms with Gasteiger partial charge in [0, 0.05) is 0 Å². The van der Waals surface area contributed by atoms with Crippen molar-refractivity contribution in [2.45, 2.75) is 47.0 Å². The van der Waals surface area contributed by atoms with E-state index >= 15 is 0 Å². The Labute approximate surface area is 81.3 Å². The van der Waals surface area contributed by atoms with Crippen LogP contribution in [0.15, 0.2) is 0 Å². The summed E-state index contributed by atoms with van der Waals surface area (Å²) in [5.74, 6) is 0.319. The molecule has 2 heteroatoms. The lowest BCUT2D eigenvalue weighted by molar-refractivity contribution is -0.142. The summed E-state index contributed by atoms with van der Waals surface area (Å²) in [5.41, 5.74) is 0. The van der Waals surface area contributed by atoms with Crippen LogP contribution in [0.1, 0.15) is 47.0 Å². The van der Waals surface area contributed by atoms with Crippen LogP contribution >= 0.6 is 0 Å². The van der Waals surface area contributed by atoms with Gasteiger partial charge in [0.25, 0.3) is 0 Å². The minimum absolute atomic E-state index is 0.137. The second-order valence-corrected chi connectivity index (χ2v) is 4.64. The average Bonchev–Trinajstić information content (AvgIpc) is 1.96. The summed E-state index contributed by atoms with van der Waals surface area (Å²) in [6.07, 6.45) is 2.65. The van der Waals surface area contributed by atoms with E-state index in [1.165, 1.54) is 0 Å². The summed E-state index contributed by atoms with van der Waals surface area (Å²) in [6.45, 7) is 8.42. The minimum atomic E-state index is -0.630. The third kappa shape index (κ3) is 6.62. The van der Waals surface area contributed by atoms with Gasteiger partial charge in [0.1, 0.15) is 0 Å². The molecule has 0 saturated heterocycles. The fourth-order valence-corrected chi connectivity index (χ4v) is 1.45. The highest BCUT2D eigenvalue weighted by molar-refractivity contribution is 5.69. The van der Waals surface area contributed by atoms with Crippen LogP contribution in [0.25, 0.3) is 0 Å². The Hall–Kier alpha value is -0.530. The smallest absolute Gasteiger partial charge is 0.306 e. The Morgan fingerprint density at radius 1 is 1.08 bits per heavy atom. The number of carboxylic acids is 1. The molecule has 0 bridgehead atoms. The van der Waals surface area contributed by atoms with Crippen LogP contribution in [0.5, 0.6) is 0 Å². The molecule has 0 aromatic rings. The van der Waals surface area contributed by atoms with E-state index in [1.54, 1.807) is 0 Å². The molecule has 0 fully saturated rings. The maximum atomic E-state index is 10.8. The summed E-state index contributed by atoms with van der Waals surface area (Å²) in [6, 6.07) is 0. The standard InChI is InChI=1S/C11H22O2/c1-8(2)5-6-10(11(12)13)7-9(3)4/h8-10H,5-7H2,1-4H3,(H,12,13)/t10-/m1/s1. The van der Waals surface area contributed by atoms with Crippen LogP contribution < -0.4 is 0 Å². The van der Waals surface area contributed by atoms with Crippen molar-refractivity contribution in [3.8, 4) is 0 Å². The highest BCUT2D eigenvalue weighted by Crippen LogP contribution is 2.19. The van der Waals surface area contributed by atoms with Gasteiger partial charge in [-0.1, -0.05) is 34.1 Å². The molecule has 0 heterocycles. The van der Waals surface area contributed by atoms with Gasteiger partial charge in [-0.25, -0.2) is 0 Å². The van der Waals surface area contributed by atoms with Crippen molar-refractivity contribution >= 4 is 5.97 Å². The molecule has 0 aromatic heterocycles. The number of aliphatic carboxylic acids is 1. The molecule has 0 spiro atoms. The lowest BCUT2D eigenvalue weighted by Gasteiger charge is -2.15. The largest absolute Gasteiger partial charge is 0.481 e. The molecule has 0 aliphatic carbocycles. The summed E-state index contributed by atoms with van der Waals surface area (Å²) < 4.78 is 0. The van der Waals surface area contributed by atoms with Crippen LogP contribution in [0.2, 0.25) is 0 Å². The molecule has 0 rings (SSSR count). The van der Waals surface area contributed by atoms with Crippen molar-refractivity contribution in [2.75, 3.05) is 0 Å². The fourth-order valence-electron chi connectivity index (χ4n) is 1.45. The number of hydrogen-bond donors (Lipinski definition) is 1. The van der Waals surface area contributed by atoms with E-state index in [4.69, 9.17) is 5.11 Å². The normalized spacial score (nSPS) is 13.7. The second-order valence-electron chi connectivity index (χ2n) is 4.64. The summed E-state index contributed by atoms with van der Waals surface area (Å²) in [5, 5.41) is 8.94. The minimum Gasteiger partial charge on any atom is -0.481 e. The van der Waals surface area contributed by atoms with Crippen LogP contribution in [0, 0.1) is 17.8 Å². The number of carboxylic acid groups (broad SMARTS) is 1. The highest BCUT2D eigenvalue weighted by Gasteiger charge is 2.18. The first-order chi connectivity index (χ1) is 5.93. The molecule has 0 aliphatic heterocycles. The number of hydrogen-bond acceptors (Lipinski definition) is 1. The average molecular weight is 186 g/mol. The third-order valence-corrected chi connectivity index (χ3v) is 2.20. The zero-order chi connectivity index (χ0) is 10.4. The Balaban J connectivity index is 3.88. The van der Waals surface area contributed by atoms with Gasteiger partial charge in [0.15, 0.2) is 0 Å². The summed E-state index contributed by atoms with van der Waals surface area (Å²) in [4.78, 5) is 10.8. The Bertz CT molecular complexity index is 150. The lowest BCUT2D eigenvalue weighted by atomic mass is 9.90. The molecular formula is C11H22O2. The monoisotopic (exact) mass is 186 g/mol. The highest BCUT2D eigenvalue weighted by atomic mass is 16.4. The Morgan fingerprint density at radius 2 is 1.62 bits per heavy atom. The summed E-state index contributed by atoms with van der Waals surface area (Å²) in [7, 11) is 0. The Kier molecular flexibility index (Phi) is 5.76. The van der Waals surface area contributed by atoms with Crippen molar-refractivity contribution < 1.29 is 9.90 Å². The van der Waals surface area contributed by atoms with Crippen LogP contribution in [0.3, 0.4) is 0 Å². The van der Waals surface area contributed by atoms with Gasteiger partial charge in [0.05, 0.1) is 5.92 Å². The molecule has 1 atom stereocenters. The molecule has 0 amide bonds. The maximum absolute atomic E-state index is 10.8. The van der Waals surface area contributed by atoms with Crippen molar-refractivity contribution in [1.29, 1.82) is 0 Å². The van der Waals surface area contributed by atoms with E-state index in [0.29, 0.717) is 11.8 Å². The zero-order valence-corrected chi connectivity index (χ0v) is 9.21. The van der Waals surface area contributed by atoms with E-state index in [0.717, 1.165) is 19.3 Å². The van der Waals surface area contributed by atoms with E-state index in [2.05, 4.69) is 27.7 Å². The van der Waals surface area contributed by atoms with E-state index in [9.17, 15) is 4.79 Å². The van der Waals surface area contributed by atoms with Gasteiger partial charge in [-0.2, -0.15) is 0 Å². The quantitative estimate of drug-likeness (QED) is 0.691. The van der Waals surface area contributed by atoms with Gasteiger partial charge in [-0.05, 0) is 24.7 Å². The van der Waals surface area contributed by atoms with E-state index in [-0.39, 0.29) is 5.92 Å². The molecule has 78 valence electrons. The van der Waals surface area contributed by atoms with Gasteiger partial charge in [-0.15, -0.1) is 0 Å². The van der Waals surface area contributed by atoms with Gasteiger partial charge in [0.2, 0.25) is 0 Å². The molecule has 0 aromatic carbocycles. The van der Waals surface area contributed by atoms with Crippen molar-refractivity contribution in [2.24, 2.45) is 17.8 Å². The number of carbonyl (C=O) groups is 1. The molecule has 2 nitrogen and oxygen atoms in total. The molecular weight excluding hydrogens is 164 g/mol.